The Morgan fingerprint density at radius 2 is 2.17 bits per heavy atom. The highest BCUT2D eigenvalue weighted by molar-refractivity contribution is 9.10. The van der Waals surface area contributed by atoms with E-state index in [1.165, 1.54) is 24.4 Å². The second-order valence-electron chi connectivity index (χ2n) is 3.24. The monoisotopic (exact) mass is 312 g/mol. The molecule has 2 aromatic rings. The Morgan fingerprint density at radius 1 is 1.39 bits per heavy atom. The van der Waals surface area contributed by atoms with Crippen LogP contribution >= 0.6 is 15.9 Å². The highest BCUT2D eigenvalue weighted by Gasteiger charge is 2.08. The van der Waals surface area contributed by atoms with E-state index >= 15 is 0 Å². The van der Waals surface area contributed by atoms with Crippen LogP contribution in [0.1, 0.15) is 10.5 Å². The van der Waals surface area contributed by atoms with Crippen molar-refractivity contribution < 1.29 is 19.0 Å². The minimum Gasteiger partial charge on any atom is -0.477 e. The van der Waals surface area contributed by atoms with Gasteiger partial charge in [-0.2, -0.15) is 4.98 Å². The number of aromatic carboxylic acids is 1. The van der Waals surface area contributed by atoms with E-state index in [4.69, 9.17) is 9.84 Å². The summed E-state index contributed by atoms with van der Waals surface area (Å²) in [6.07, 6.45) is 1.25. The van der Waals surface area contributed by atoms with Gasteiger partial charge in [-0.05, 0) is 18.2 Å². The molecule has 92 valence electrons. The second-order valence-corrected chi connectivity index (χ2v) is 4.15. The van der Waals surface area contributed by atoms with Crippen molar-refractivity contribution in [3.8, 4) is 11.8 Å². The average molecular weight is 313 g/mol. The fraction of sp³-hybridized carbons (Fsp3) is 0. The van der Waals surface area contributed by atoms with Gasteiger partial charge in [0.05, 0.1) is 0 Å². The normalized spacial score (nSPS) is 10.1. The van der Waals surface area contributed by atoms with Gasteiger partial charge in [-0.25, -0.2) is 14.2 Å². The first-order valence-corrected chi connectivity index (χ1v) is 5.54. The maximum Gasteiger partial charge on any atom is 0.354 e. The van der Waals surface area contributed by atoms with Crippen LogP contribution in [0.5, 0.6) is 11.8 Å². The van der Waals surface area contributed by atoms with Crippen LogP contribution in [0.3, 0.4) is 0 Å². The summed E-state index contributed by atoms with van der Waals surface area (Å²) < 4.78 is 18.8. The van der Waals surface area contributed by atoms with Crippen LogP contribution in [0.15, 0.2) is 34.9 Å². The molecule has 0 unspecified atom stereocenters. The molecule has 0 aliphatic heterocycles. The van der Waals surface area contributed by atoms with E-state index in [9.17, 15) is 9.18 Å². The van der Waals surface area contributed by atoms with Gasteiger partial charge in [-0.15, -0.1) is 0 Å². The van der Waals surface area contributed by atoms with E-state index < -0.39 is 11.8 Å². The quantitative estimate of drug-likeness (QED) is 0.943. The van der Waals surface area contributed by atoms with Crippen molar-refractivity contribution in [1.29, 1.82) is 0 Å². The maximum absolute atomic E-state index is 13.1. The van der Waals surface area contributed by atoms with E-state index in [-0.39, 0.29) is 17.5 Å². The minimum atomic E-state index is -1.19. The zero-order chi connectivity index (χ0) is 13.1. The van der Waals surface area contributed by atoms with Crippen molar-refractivity contribution in [1.82, 2.24) is 9.97 Å². The molecule has 1 heterocycles. The van der Waals surface area contributed by atoms with Gasteiger partial charge in [-0.3, -0.25) is 0 Å². The molecule has 1 aromatic carbocycles. The third-order valence-corrected chi connectivity index (χ3v) is 2.36. The van der Waals surface area contributed by atoms with Gasteiger partial charge in [0.15, 0.2) is 5.69 Å². The molecule has 0 saturated carbocycles. The Morgan fingerprint density at radius 3 is 2.83 bits per heavy atom. The van der Waals surface area contributed by atoms with Crippen LogP contribution < -0.4 is 4.74 Å². The van der Waals surface area contributed by atoms with Gasteiger partial charge in [0.2, 0.25) is 0 Å². The second kappa shape index (κ2) is 5.09. The summed E-state index contributed by atoms with van der Waals surface area (Å²) in [5, 5.41) is 8.75. The fourth-order valence-corrected chi connectivity index (χ4v) is 1.65. The fourth-order valence-electron chi connectivity index (χ4n) is 1.20. The summed E-state index contributed by atoms with van der Waals surface area (Å²) in [5.74, 6) is -1.51. The number of aromatic nitrogens is 2. The number of hydrogen-bond acceptors (Lipinski definition) is 4. The highest BCUT2D eigenvalue weighted by Crippen LogP contribution is 2.23. The van der Waals surface area contributed by atoms with Gasteiger partial charge in [-0.1, -0.05) is 15.9 Å². The van der Waals surface area contributed by atoms with Crippen molar-refractivity contribution in [2.75, 3.05) is 0 Å². The standard InChI is InChI=1S/C11H6BrFN2O3/c12-6-3-7(13)5-8(4-6)18-11-14-2-1-9(15-11)10(16)17/h1-5H,(H,16,17). The number of carboxylic acids is 1. The lowest BCUT2D eigenvalue weighted by Gasteiger charge is -2.04. The summed E-state index contributed by atoms with van der Waals surface area (Å²) >= 11 is 3.11. The van der Waals surface area contributed by atoms with Crippen LogP contribution in [-0.2, 0) is 0 Å². The maximum atomic E-state index is 13.1. The van der Waals surface area contributed by atoms with Crippen molar-refractivity contribution in [2.24, 2.45) is 0 Å². The summed E-state index contributed by atoms with van der Waals surface area (Å²) in [4.78, 5) is 18.1. The lowest BCUT2D eigenvalue weighted by Crippen LogP contribution is -2.02. The zero-order valence-electron chi connectivity index (χ0n) is 8.80. The first-order chi connectivity index (χ1) is 8.54. The summed E-state index contributed by atoms with van der Waals surface area (Å²) in [6, 6.07) is 4.99. The minimum absolute atomic E-state index is 0.160. The van der Waals surface area contributed by atoms with Gasteiger partial charge in [0.1, 0.15) is 11.6 Å². The van der Waals surface area contributed by atoms with Crippen molar-refractivity contribution >= 4 is 21.9 Å². The molecule has 0 bridgehead atoms. The Labute approximate surface area is 109 Å². The Hall–Kier alpha value is -2.02. The zero-order valence-corrected chi connectivity index (χ0v) is 10.4. The molecule has 7 heteroatoms. The molecule has 0 spiro atoms. The largest absolute Gasteiger partial charge is 0.477 e. The Bertz CT molecular complexity index is 586. The molecular formula is C11H6BrFN2O3. The SMILES string of the molecule is O=C(O)c1ccnc(Oc2cc(F)cc(Br)c2)n1. The smallest absolute Gasteiger partial charge is 0.354 e. The van der Waals surface area contributed by atoms with Crippen LogP contribution in [-0.4, -0.2) is 21.0 Å². The lowest BCUT2D eigenvalue weighted by atomic mass is 10.3. The van der Waals surface area contributed by atoms with Crippen LogP contribution in [0.2, 0.25) is 0 Å². The molecule has 0 atom stereocenters. The van der Waals surface area contributed by atoms with Gasteiger partial charge in [0.25, 0.3) is 0 Å². The molecule has 2 rings (SSSR count). The number of ether oxygens (including phenoxy) is 1. The molecule has 0 aliphatic carbocycles. The third-order valence-electron chi connectivity index (χ3n) is 1.90. The first-order valence-electron chi connectivity index (χ1n) is 4.75. The average Bonchev–Trinajstić information content (AvgIpc) is 2.27. The van der Waals surface area contributed by atoms with E-state index in [2.05, 4.69) is 25.9 Å². The number of carboxylic acid groups (broad SMARTS) is 1. The summed E-state index contributed by atoms with van der Waals surface area (Å²) in [6.45, 7) is 0. The molecule has 1 N–H and O–H groups in total. The van der Waals surface area contributed by atoms with Crippen molar-refractivity contribution in [3.05, 3.63) is 46.4 Å². The number of carbonyl (C=O) groups is 1. The molecule has 18 heavy (non-hydrogen) atoms. The van der Waals surface area contributed by atoms with E-state index in [0.29, 0.717) is 4.47 Å². The molecule has 0 amide bonds. The van der Waals surface area contributed by atoms with E-state index in [1.807, 2.05) is 0 Å². The molecule has 1 aromatic heterocycles. The van der Waals surface area contributed by atoms with Gasteiger partial charge >= 0.3 is 12.0 Å². The highest BCUT2D eigenvalue weighted by atomic mass is 79.9. The van der Waals surface area contributed by atoms with Crippen molar-refractivity contribution in [3.63, 3.8) is 0 Å². The predicted octanol–water partition coefficient (Wildman–Crippen LogP) is 2.87. The first kappa shape index (κ1) is 12.4. The number of rotatable bonds is 3. The molecule has 0 fully saturated rings. The number of nitrogens with zero attached hydrogens (tertiary/aromatic N) is 2. The van der Waals surface area contributed by atoms with E-state index in [1.54, 1.807) is 0 Å². The Balaban J connectivity index is 2.28. The molecule has 0 radical (unpaired) electrons. The number of halogens is 2. The molecular weight excluding hydrogens is 307 g/mol. The molecule has 0 aliphatic rings. The third kappa shape index (κ3) is 3.01. The lowest BCUT2D eigenvalue weighted by molar-refractivity contribution is 0.0689. The molecule has 5 nitrogen and oxygen atoms in total. The number of benzene rings is 1. The van der Waals surface area contributed by atoms with Crippen LogP contribution in [0.25, 0.3) is 0 Å². The summed E-state index contributed by atoms with van der Waals surface area (Å²) in [7, 11) is 0. The Kier molecular flexibility index (Phi) is 3.52. The summed E-state index contributed by atoms with van der Waals surface area (Å²) in [5.41, 5.74) is -0.199. The van der Waals surface area contributed by atoms with Gasteiger partial charge in [0, 0.05) is 16.7 Å². The van der Waals surface area contributed by atoms with Gasteiger partial charge < -0.3 is 9.84 Å². The van der Waals surface area contributed by atoms with Crippen LogP contribution in [0, 0.1) is 5.82 Å². The van der Waals surface area contributed by atoms with E-state index in [0.717, 1.165) is 6.07 Å². The molecule has 0 saturated heterocycles. The number of hydrogen-bond donors (Lipinski definition) is 1. The topological polar surface area (TPSA) is 72.3 Å². The van der Waals surface area contributed by atoms with Crippen molar-refractivity contribution in [2.45, 2.75) is 0 Å². The predicted molar refractivity (Wildman–Crippen MR) is 63.2 cm³/mol. The van der Waals surface area contributed by atoms with Crippen LogP contribution in [0.4, 0.5) is 4.39 Å².